The molecular formula is C27H28N8O. The molecule has 2 fully saturated rings. The first-order valence-corrected chi connectivity index (χ1v) is 12.2. The van der Waals surface area contributed by atoms with Crippen molar-refractivity contribution in [3.63, 3.8) is 0 Å². The summed E-state index contributed by atoms with van der Waals surface area (Å²) < 4.78 is 5.58. The summed E-state index contributed by atoms with van der Waals surface area (Å²) in [5, 5.41) is 6.52. The van der Waals surface area contributed by atoms with E-state index in [1.54, 1.807) is 24.5 Å². The van der Waals surface area contributed by atoms with E-state index in [4.69, 9.17) is 4.74 Å². The first-order valence-electron chi connectivity index (χ1n) is 12.2. The van der Waals surface area contributed by atoms with Crippen molar-refractivity contribution in [1.82, 2.24) is 29.8 Å². The largest absolute Gasteiger partial charge is 0.381 e. The van der Waals surface area contributed by atoms with Gasteiger partial charge in [0.1, 0.15) is 17.3 Å². The van der Waals surface area contributed by atoms with Crippen LogP contribution >= 0.6 is 0 Å². The van der Waals surface area contributed by atoms with Gasteiger partial charge in [-0.2, -0.15) is 4.98 Å². The molecule has 0 amide bonds. The van der Waals surface area contributed by atoms with Gasteiger partial charge in [0.15, 0.2) is 5.82 Å². The Morgan fingerprint density at radius 2 is 1.69 bits per heavy atom. The monoisotopic (exact) mass is 480 g/mol. The highest BCUT2D eigenvalue weighted by molar-refractivity contribution is 5.59. The maximum atomic E-state index is 5.58. The Morgan fingerprint density at radius 1 is 0.889 bits per heavy atom. The van der Waals surface area contributed by atoms with Crippen molar-refractivity contribution in [3.05, 3.63) is 78.2 Å². The van der Waals surface area contributed by atoms with E-state index in [0.717, 1.165) is 49.9 Å². The minimum absolute atomic E-state index is 0.419. The SMILES string of the molecule is Cc1cccc(-c2nccc(Nc3ccnc(Nc4ccc(CN5CC6(CCOC6)C5)cc4)n3)n2)n1. The lowest BCUT2D eigenvalue weighted by molar-refractivity contribution is -0.0123. The Kier molecular flexibility index (Phi) is 6.00. The van der Waals surface area contributed by atoms with Gasteiger partial charge in [-0.3, -0.25) is 4.90 Å². The Hall–Kier alpha value is -3.95. The summed E-state index contributed by atoms with van der Waals surface area (Å²) in [4.78, 5) is 24.9. The lowest BCUT2D eigenvalue weighted by atomic mass is 9.79. The third kappa shape index (κ3) is 5.02. The Bertz CT molecular complexity index is 1350. The molecule has 4 aromatic rings. The molecule has 0 saturated carbocycles. The fraction of sp³-hybridized carbons (Fsp3) is 0.296. The van der Waals surface area contributed by atoms with Crippen molar-refractivity contribution in [3.8, 4) is 11.5 Å². The molecule has 36 heavy (non-hydrogen) atoms. The van der Waals surface area contributed by atoms with E-state index in [9.17, 15) is 0 Å². The summed E-state index contributed by atoms with van der Waals surface area (Å²) in [6.07, 6.45) is 4.61. The molecule has 0 radical (unpaired) electrons. The normalized spacial score (nSPS) is 16.6. The average Bonchev–Trinajstić information content (AvgIpc) is 3.36. The van der Waals surface area contributed by atoms with Crippen LogP contribution in [0.5, 0.6) is 0 Å². The first-order chi connectivity index (χ1) is 17.6. The molecule has 0 atom stereocenters. The number of pyridine rings is 1. The van der Waals surface area contributed by atoms with Crippen LogP contribution in [0.15, 0.2) is 67.0 Å². The van der Waals surface area contributed by atoms with Gasteiger partial charge in [0.25, 0.3) is 0 Å². The molecule has 2 N–H and O–H groups in total. The first kappa shape index (κ1) is 22.5. The van der Waals surface area contributed by atoms with E-state index < -0.39 is 0 Å². The molecule has 6 rings (SSSR count). The maximum Gasteiger partial charge on any atom is 0.229 e. The molecule has 2 aliphatic rings. The molecule has 3 aromatic heterocycles. The molecule has 0 bridgehead atoms. The molecule has 1 spiro atoms. The standard InChI is InChI=1S/C27H28N8O/c1-19-3-2-4-22(30-19)25-28-12-9-23(33-25)32-24-10-13-29-26(34-24)31-21-7-5-20(6-8-21)15-35-16-27(17-35)11-14-36-18-27/h2-10,12-13H,11,14-18H2,1H3,(H2,28,29,31,32,33,34). The van der Waals surface area contributed by atoms with Crippen molar-refractivity contribution >= 4 is 23.3 Å². The molecule has 0 aliphatic carbocycles. The smallest absolute Gasteiger partial charge is 0.229 e. The zero-order chi connectivity index (χ0) is 24.4. The highest BCUT2D eigenvalue weighted by Gasteiger charge is 2.45. The van der Waals surface area contributed by atoms with E-state index in [-0.39, 0.29) is 0 Å². The number of rotatable bonds is 7. The average molecular weight is 481 g/mol. The third-order valence-electron chi connectivity index (χ3n) is 6.60. The number of nitrogens with one attached hydrogen (secondary N) is 2. The molecule has 5 heterocycles. The summed E-state index contributed by atoms with van der Waals surface area (Å²) in [6, 6.07) is 17.8. The predicted molar refractivity (Wildman–Crippen MR) is 138 cm³/mol. The van der Waals surface area contributed by atoms with Crippen LogP contribution in [0.25, 0.3) is 11.5 Å². The van der Waals surface area contributed by atoms with Gasteiger partial charge >= 0.3 is 0 Å². The second-order valence-corrected chi connectivity index (χ2v) is 9.59. The second-order valence-electron chi connectivity index (χ2n) is 9.59. The quantitative estimate of drug-likeness (QED) is 0.400. The van der Waals surface area contributed by atoms with Crippen LogP contribution < -0.4 is 10.6 Å². The lowest BCUT2D eigenvalue weighted by Crippen LogP contribution is -2.55. The van der Waals surface area contributed by atoms with Crippen LogP contribution in [0.2, 0.25) is 0 Å². The van der Waals surface area contributed by atoms with Crippen LogP contribution in [0.1, 0.15) is 17.7 Å². The Morgan fingerprint density at radius 3 is 2.47 bits per heavy atom. The molecule has 2 aliphatic heterocycles. The molecule has 9 heteroatoms. The maximum absolute atomic E-state index is 5.58. The van der Waals surface area contributed by atoms with Crippen molar-refractivity contribution in [2.24, 2.45) is 5.41 Å². The van der Waals surface area contributed by atoms with E-state index in [1.165, 1.54) is 12.0 Å². The van der Waals surface area contributed by atoms with Crippen molar-refractivity contribution in [2.75, 3.05) is 36.9 Å². The number of aromatic nitrogens is 5. The number of ether oxygens (including phenoxy) is 1. The molecule has 2 saturated heterocycles. The minimum atomic E-state index is 0.419. The van der Waals surface area contributed by atoms with Gasteiger partial charge in [-0.1, -0.05) is 18.2 Å². The highest BCUT2D eigenvalue weighted by Crippen LogP contribution is 2.38. The molecule has 0 unspecified atom stereocenters. The number of benzene rings is 1. The van der Waals surface area contributed by atoms with Crippen LogP contribution in [-0.2, 0) is 11.3 Å². The zero-order valence-corrected chi connectivity index (χ0v) is 20.2. The van der Waals surface area contributed by atoms with Gasteiger partial charge < -0.3 is 15.4 Å². The fourth-order valence-electron chi connectivity index (χ4n) is 4.83. The van der Waals surface area contributed by atoms with Gasteiger partial charge in [0.05, 0.1) is 6.61 Å². The van der Waals surface area contributed by atoms with Gasteiger partial charge in [-0.15, -0.1) is 0 Å². The number of hydrogen-bond donors (Lipinski definition) is 2. The van der Waals surface area contributed by atoms with Crippen LogP contribution in [0.3, 0.4) is 0 Å². The van der Waals surface area contributed by atoms with Gasteiger partial charge in [0.2, 0.25) is 5.95 Å². The third-order valence-corrected chi connectivity index (χ3v) is 6.60. The molecule has 182 valence electrons. The molecule has 9 nitrogen and oxygen atoms in total. The van der Waals surface area contributed by atoms with Crippen LogP contribution in [-0.4, -0.2) is 56.1 Å². The van der Waals surface area contributed by atoms with E-state index in [1.807, 2.05) is 25.1 Å². The van der Waals surface area contributed by atoms with E-state index in [0.29, 0.717) is 28.8 Å². The minimum Gasteiger partial charge on any atom is -0.381 e. The topological polar surface area (TPSA) is 101 Å². The summed E-state index contributed by atoms with van der Waals surface area (Å²) in [7, 11) is 0. The number of anilines is 4. The fourth-order valence-corrected chi connectivity index (χ4v) is 4.83. The summed E-state index contributed by atoms with van der Waals surface area (Å²) >= 11 is 0. The molecule has 1 aromatic carbocycles. The van der Waals surface area contributed by atoms with Crippen LogP contribution in [0, 0.1) is 12.3 Å². The number of aryl methyl sites for hydroxylation is 1. The van der Waals surface area contributed by atoms with E-state index >= 15 is 0 Å². The number of likely N-dealkylation sites (tertiary alicyclic amines) is 1. The van der Waals surface area contributed by atoms with E-state index in [2.05, 4.69) is 64.7 Å². The number of nitrogens with zero attached hydrogens (tertiary/aromatic N) is 6. The van der Waals surface area contributed by atoms with Gasteiger partial charge in [0, 0.05) is 55.4 Å². The molecular weight excluding hydrogens is 452 g/mol. The summed E-state index contributed by atoms with van der Waals surface area (Å²) in [5.41, 5.74) is 4.31. The van der Waals surface area contributed by atoms with Gasteiger partial charge in [-0.05, 0) is 55.3 Å². The summed E-state index contributed by atoms with van der Waals surface area (Å²) in [6.45, 7) is 7.02. The van der Waals surface area contributed by atoms with Crippen molar-refractivity contribution < 1.29 is 4.74 Å². The van der Waals surface area contributed by atoms with Gasteiger partial charge in [-0.25, -0.2) is 19.9 Å². The predicted octanol–water partition coefficient (Wildman–Crippen LogP) is 4.35. The highest BCUT2D eigenvalue weighted by atomic mass is 16.5. The van der Waals surface area contributed by atoms with Crippen LogP contribution in [0.4, 0.5) is 23.3 Å². The second kappa shape index (κ2) is 9.60. The number of hydrogen-bond acceptors (Lipinski definition) is 9. The lowest BCUT2D eigenvalue weighted by Gasteiger charge is -2.47. The summed E-state index contributed by atoms with van der Waals surface area (Å²) in [5.74, 6) is 2.33. The van der Waals surface area contributed by atoms with Crippen molar-refractivity contribution in [2.45, 2.75) is 19.9 Å². The van der Waals surface area contributed by atoms with Crippen molar-refractivity contribution in [1.29, 1.82) is 0 Å². The zero-order valence-electron chi connectivity index (χ0n) is 20.2. The Labute approximate surface area is 210 Å². The Balaban J connectivity index is 1.08.